The fourth-order valence-corrected chi connectivity index (χ4v) is 3.43. The largest absolute Gasteiger partial charge is 0.373 e. The van der Waals surface area contributed by atoms with E-state index in [4.69, 9.17) is 4.74 Å². The van der Waals surface area contributed by atoms with E-state index in [0.717, 1.165) is 25.2 Å². The third-order valence-corrected chi connectivity index (χ3v) is 4.85. The van der Waals surface area contributed by atoms with Gasteiger partial charge < -0.3 is 9.64 Å². The lowest BCUT2D eigenvalue weighted by molar-refractivity contribution is -0.129. The highest BCUT2D eigenvalue weighted by Crippen LogP contribution is 2.32. The van der Waals surface area contributed by atoms with Gasteiger partial charge in [0.25, 0.3) is 0 Å². The topological polar surface area (TPSA) is 72.6 Å². The lowest BCUT2D eigenvalue weighted by Gasteiger charge is -2.45. The standard InChI is InChI=1S/C17H29N5O3/c1-17(2,3)25-13-8-12(9-13)20-6-7-21-14(10-20)18-22(16(21)24)11-15(23)19(4)5/h12-13H,6-11H2,1-5H3. The van der Waals surface area contributed by atoms with Crippen LogP contribution in [-0.2, 0) is 29.2 Å². The summed E-state index contributed by atoms with van der Waals surface area (Å²) in [5, 5.41) is 4.39. The van der Waals surface area contributed by atoms with Crippen molar-refractivity contribution >= 4 is 5.91 Å². The number of carbonyl (C=O) groups is 1. The van der Waals surface area contributed by atoms with E-state index in [-0.39, 0.29) is 23.7 Å². The van der Waals surface area contributed by atoms with E-state index in [1.807, 2.05) is 0 Å². The first-order valence-corrected chi connectivity index (χ1v) is 8.92. The zero-order valence-electron chi connectivity index (χ0n) is 15.9. The predicted molar refractivity (Wildman–Crippen MR) is 93.2 cm³/mol. The summed E-state index contributed by atoms with van der Waals surface area (Å²) in [6.45, 7) is 8.38. The van der Waals surface area contributed by atoms with Crippen LogP contribution < -0.4 is 5.69 Å². The maximum atomic E-state index is 12.4. The fourth-order valence-electron chi connectivity index (χ4n) is 3.43. The lowest BCUT2D eigenvalue weighted by Crippen LogP contribution is -2.52. The molecule has 2 aliphatic rings. The Kier molecular flexibility index (Phi) is 4.76. The van der Waals surface area contributed by atoms with Crippen molar-refractivity contribution in [3.05, 3.63) is 16.3 Å². The van der Waals surface area contributed by atoms with Crippen molar-refractivity contribution in [1.82, 2.24) is 24.1 Å². The summed E-state index contributed by atoms with van der Waals surface area (Å²) in [5.74, 6) is 0.624. The minimum Gasteiger partial charge on any atom is -0.373 e. The van der Waals surface area contributed by atoms with Crippen LogP contribution in [0.2, 0.25) is 0 Å². The van der Waals surface area contributed by atoms with Gasteiger partial charge in [-0.25, -0.2) is 9.48 Å². The van der Waals surface area contributed by atoms with Gasteiger partial charge in [0.1, 0.15) is 12.4 Å². The molecular formula is C17H29N5O3. The van der Waals surface area contributed by atoms with Crippen molar-refractivity contribution in [3.8, 4) is 0 Å². The number of ether oxygens (including phenoxy) is 1. The van der Waals surface area contributed by atoms with Gasteiger partial charge in [0.05, 0.1) is 18.2 Å². The molecule has 8 nitrogen and oxygen atoms in total. The molecule has 1 fully saturated rings. The second-order valence-electron chi connectivity index (χ2n) is 8.24. The smallest absolute Gasteiger partial charge is 0.346 e. The van der Waals surface area contributed by atoms with Crippen LogP contribution in [0.5, 0.6) is 0 Å². The van der Waals surface area contributed by atoms with E-state index in [1.54, 1.807) is 18.7 Å². The van der Waals surface area contributed by atoms with Crippen molar-refractivity contribution in [3.63, 3.8) is 0 Å². The second kappa shape index (κ2) is 6.57. The summed E-state index contributed by atoms with van der Waals surface area (Å²) >= 11 is 0. The molecule has 1 aromatic rings. The molecule has 0 aromatic carbocycles. The average molecular weight is 351 g/mol. The molecule has 0 spiro atoms. The van der Waals surface area contributed by atoms with Gasteiger partial charge in [0.2, 0.25) is 5.91 Å². The Labute approximate surface area is 148 Å². The number of aromatic nitrogens is 3. The highest BCUT2D eigenvalue weighted by Gasteiger charge is 2.38. The third-order valence-electron chi connectivity index (χ3n) is 4.85. The van der Waals surface area contributed by atoms with E-state index in [9.17, 15) is 9.59 Å². The van der Waals surface area contributed by atoms with Crippen LogP contribution in [0.15, 0.2) is 4.79 Å². The van der Waals surface area contributed by atoms with Crippen LogP contribution in [0.4, 0.5) is 0 Å². The van der Waals surface area contributed by atoms with Gasteiger partial charge in [-0.15, -0.1) is 0 Å². The lowest BCUT2D eigenvalue weighted by atomic mass is 9.87. The number of rotatable bonds is 4. The SMILES string of the molecule is CN(C)C(=O)Cn1nc2n(c1=O)CCN(C1CC(OC(C)(C)C)C1)C2. The average Bonchev–Trinajstić information content (AvgIpc) is 2.77. The summed E-state index contributed by atoms with van der Waals surface area (Å²) in [4.78, 5) is 28.1. The predicted octanol–water partition coefficient (Wildman–Crippen LogP) is 0.295. The van der Waals surface area contributed by atoms with Crippen molar-refractivity contribution in [2.75, 3.05) is 20.6 Å². The molecule has 0 radical (unpaired) electrons. The minimum absolute atomic E-state index is 0.00322. The normalized spacial score (nSPS) is 23.9. The molecule has 0 N–H and O–H groups in total. The van der Waals surface area contributed by atoms with Crippen LogP contribution in [0.3, 0.4) is 0 Å². The second-order valence-corrected chi connectivity index (χ2v) is 8.24. The van der Waals surface area contributed by atoms with Gasteiger partial charge in [-0.2, -0.15) is 5.10 Å². The minimum atomic E-state index is -0.188. The molecule has 0 atom stereocenters. The third kappa shape index (κ3) is 3.95. The molecule has 8 heteroatoms. The Morgan fingerprint density at radius 1 is 1.28 bits per heavy atom. The van der Waals surface area contributed by atoms with Crippen LogP contribution in [-0.4, -0.2) is 68.4 Å². The van der Waals surface area contributed by atoms with E-state index < -0.39 is 0 Å². The zero-order chi connectivity index (χ0) is 18.4. The molecule has 0 bridgehead atoms. The van der Waals surface area contributed by atoms with Gasteiger partial charge >= 0.3 is 5.69 Å². The molecule has 2 heterocycles. The van der Waals surface area contributed by atoms with Crippen molar-refractivity contribution in [1.29, 1.82) is 0 Å². The highest BCUT2D eigenvalue weighted by atomic mass is 16.5. The van der Waals surface area contributed by atoms with Gasteiger partial charge in [0, 0.05) is 33.2 Å². The summed E-state index contributed by atoms with van der Waals surface area (Å²) in [7, 11) is 3.36. The van der Waals surface area contributed by atoms with Crippen molar-refractivity contribution in [2.45, 2.75) is 71.0 Å². The summed E-state index contributed by atoms with van der Waals surface area (Å²) in [5.41, 5.74) is -0.289. The number of amides is 1. The Balaban J connectivity index is 1.61. The number of nitrogens with zero attached hydrogens (tertiary/aromatic N) is 5. The molecule has 1 aliphatic heterocycles. The molecule has 1 saturated carbocycles. The van der Waals surface area contributed by atoms with Gasteiger partial charge in [-0.1, -0.05) is 0 Å². The number of hydrogen-bond acceptors (Lipinski definition) is 5. The first-order valence-electron chi connectivity index (χ1n) is 8.92. The maximum absolute atomic E-state index is 12.4. The van der Waals surface area contributed by atoms with E-state index in [0.29, 0.717) is 25.2 Å². The molecule has 140 valence electrons. The van der Waals surface area contributed by atoms with Crippen LogP contribution in [0.25, 0.3) is 0 Å². The Bertz CT molecular complexity index is 694. The quantitative estimate of drug-likeness (QED) is 0.780. The Morgan fingerprint density at radius 2 is 1.96 bits per heavy atom. The Morgan fingerprint density at radius 3 is 2.56 bits per heavy atom. The molecule has 0 unspecified atom stereocenters. The van der Waals surface area contributed by atoms with Crippen LogP contribution >= 0.6 is 0 Å². The summed E-state index contributed by atoms with van der Waals surface area (Å²) < 4.78 is 8.99. The van der Waals surface area contributed by atoms with Crippen molar-refractivity contribution in [2.24, 2.45) is 0 Å². The fraction of sp³-hybridized carbons (Fsp3) is 0.824. The molecule has 1 amide bonds. The molecule has 1 aliphatic carbocycles. The van der Waals surface area contributed by atoms with E-state index in [2.05, 4.69) is 30.8 Å². The Hall–Kier alpha value is -1.67. The first kappa shape index (κ1) is 18.1. The summed E-state index contributed by atoms with van der Waals surface area (Å²) in [6.07, 6.45) is 2.38. The van der Waals surface area contributed by atoms with E-state index in [1.165, 1.54) is 9.58 Å². The van der Waals surface area contributed by atoms with Gasteiger partial charge in [0.15, 0.2) is 0 Å². The van der Waals surface area contributed by atoms with Gasteiger partial charge in [-0.3, -0.25) is 14.3 Å². The number of fused-ring (bicyclic) bond motifs is 1. The summed E-state index contributed by atoms with van der Waals surface area (Å²) in [6, 6.07) is 0.491. The van der Waals surface area contributed by atoms with Crippen molar-refractivity contribution < 1.29 is 9.53 Å². The molecule has 3 rings (SSSR count). The molecule has 25 heavy (non-hydrogen) atoms. The maximum Gasteiger partial charge on any atom is 0.346 e. The molecular weight excluding hydrogens is 322 g/mol. The van der Waals surface area contributed by atoms with Crippen LogP contribution in [0, 0.1) is 0 Å². The molecule has 0 saturated heterocycles. The number of hydrogen-bond donors (Lipinski definition) is 0. The van der Waals surface area contributed by atoms with Crippen LogP contribution in [0.1, 0.15) is 39.4 Å². The zero-order valence-corrected chi connectivity index (χ0v) is 15.9. The molecule has 1 aromatic heterocycles. The van der Waals surface area contributed by atoms with E-state index >= 15 is 0 Å². The number of likely N-dealkylation sites (N-methyl/N-ethyl adjacent to an activating group) is 1. The number of carbonyl (C=O) groups excluding carboxylic acids is 1. The highest BCUT2D eigenvalue weighted by molar-refractivity contribution is 5.75. The monoisotopic (exact) mass is 351 g/mol. The van der Waals surface area contributed by atoms with Gasteiger partial charge in [-0.05, 0) is 33.6 Å². The first-order chi connectivity index (χ1) is 11.6.